The molecule has 0 aliphatic heterocycles. The van der Waals surface area contributed by atoms with Crippen LogP contribution in [0.15, 0.2) is 42.6 Å². The lowest BCUT2D eigenvalue weighted by Gasteiger charge is -2.17. The van der Waals surface area contributed by atoms with Gasteiger partial charge in [0.25, 0.3) is 5.91 Å². The van der Waals surface area contributed by atoms with Gasteiger partial charge in [0, 0.05) is 30.4 Å². The Morgan fingerprint density at radius 2 is 1.80 bits per heavy atom. The van der Waals surface area contributed by atoms with Gasteiger partial charge in [-0.3, -0.25) is 9.48 Å². The van der Waals surface area contributed by atoms with Gasteiger partial charge >= 0.3 is 0 Å². The predicted molar refractivity (Wildman–Crippen MR) is 121 cm³/mol. The maximum Gasteiger partial charge on any atom is 0.253 e. The molecule has 3 aromatic rings. The van der Waals surface area contributed by atoms with Gasteiger partial charge in [-0.05, 0) is 36.8 Å². The zero-order chi connectivity index (χ0) is 21.8. The number of aryl methyl sites for hydroxylation is 1. The highest BCUT2D eigenvalue weighted by atomic mass is 35.5. The molecule has 5 nitrogen and oxygen atoms in total. The monoisotopic (exact) mass is 485 g/mol. The topological polar surface area (TPSA) is 47.4 Å². The van der Waals surface area contributed by atoms with E-state index in [0.29, 0.717) is 50.2 Å². The Bertz CT molecular complexity index is 1050. The van der Waals surface area contributed by atoms with Crippen LogP contribution in [0.3, 0.4) is 0 Å². The maximum atomic E-state index is 12.9. The van der Waals surface area contributed by atoms with Crippen LogP contribution < -0.4 is 4.74 Å². The standard InChI is InChI=1S/C21H19Cl4N3O2/c1-3-28-10-18(25)19(26-28)11-27(2)21(29)14-6-4-5-13(7-14)12-30-20-16(23)8-15(22)9-17(20)24/h4-10H,3,11-12H2,1-2H3. The van der Waals surface area contributed by atoms with E-state index in [1.807, 2.05) is 13.0 Å². The van der Waals surface area contributed by atoms with Crippen LogP contribution in [0.25, 0.3) is 0 Å². The number of nitrogens with zero attached hydrogens (tertiary/aromatic N) is 3. The van der Waals surface area contributed by atoms with Crippen molar-refractivity contribution < 1.29 is 9.53 Å². The van der Waals surface area contributed by atoms with Crippen LogP contribution in [0.5, 0.6) is 5.75 Å². The van der Waals surface area contributed by atoms with E-state index in [2.05, 4.69) is 5.10 Å². The number of aromatic nitrogens is 2. The summed E-state index contributed by atoms with van der Waals surface area (Å²) in [4.78, 5) is 14.4. The number of rotatable bonds is 7. The lowest BCUT2D eigenvalue weighted by atomic mass is 10.1. The molecule has 1 heterocycles. The Morgan fingerprint density at radius 1 is 1.10 bits per heavy atom. The molecule has 1 aromatic heterocycles. The average molecular weight is 487 g/mol. The van der Waals surface area contributed by atoms with Crippen molar-refractivity contribution >= 4 is 52.3 Å². The first-order chi connectivity index (χ1) is 14.3. The molecule has 158 valence electrons. The molecule has 0 unspecified atom stereocenters. The van der Waals surface area contributed by atoms with Gasteiger partial charge in [-0.2, -0.15) is 5.10 Å². The minimum atomic E-state index is -0.151. The van der Waals surface area contributed by atoms with Gasteiger partial charge in [0.2, 0.25) is 0 Å². The second kappa shape index (κ2) is 9.92. The molecular weight excluding hydrogens is 468 g/mol. The van der Waals surface area contributed by atoms with Crippen LogP contribution in [-0.4, -0.2) is 27.6 Å². The number of carbonyl (C=O) groups excluding carboxylic acids is 1. The van der Waals surface area contributed by atoms with E-state index in [4.69, 9.17) is 51.1 Å². The molecule has 0 fully saturated rings. The van der Waals surface area contributed by atoms with E-state index in [-0.39, 0.29) is 12.5 Å². The van der Waals surface area contributed by atoms with Gasteiger partial charge in [-0.15, -0.1) is 0 Å². The molecule has 0 atom stereocenters. The summed E-state index contributed by atoms with van der Waals surface area (Å²) in [6.45, 7) is 3.18. The van der Waals surface area contributed by atoms with Crippen molar-refractivity contribution in [2.75, 3.05) is 7.05 Å². The quantitative estimate of drug-likeness (QED) is 0.389. The van der Waals surface area contributed by atoms with Gasteiger partial charge < -0.3 is 9.64 Å². The van der Waals surface area contributed by atoms with Crippen molar-refractivity contribution in [3.63, 3.8) is 0 Å². The van der Waals surface area contributed by atoms with E-state index in [9.17, 15) is 4.79 Å². The van der Waals surface area contributed by atoms with Crippen LogP contribution in [0.4, 0.5) is 0 Å². The Kier molecular flexibility index (Phi) is 7.53. The second-order valence-electron chi connectivity index (χ2n) is 6.63. The Morgan fingerprint density at radius 3 is 2.43 bits per heavy atom. The molecule has 2 aromatic carbocycles. The van der Waals surface area contributed by atoms with Gasteiger partial charge in [0.1, 0.15) is 12.3 Å². The lowest BCUT2D eigenvalue weighted by Crippen LogP contribution is -2.26. The molecule has 0 saturated heterocycles. The van der Waals surface area contributed by atoms with Crippen LogP contribution in [0, 0.1) is 0 Å². The molecule has 0 bridgehead atoms. The highest BCUT2D eigenvalue weighted by Crippen LogP contribution is 2.36. The van der Waals surface area contributed by atoms with Crippen molar-refractivity contribution in [2.45, 2.75) is 26.6 Å². The summed E-state index contributed by atoms with van der Waals surface area (Å²) < 4.78 is 7.49. The Hall–Kier alpha value is -1.92. The van der Waals surface area contributed by atoms with Crippen molar-refractivity contribution in [3.8, 4) is 5.75 Å². The smallest absolute Gasteiger partial charge is 0.253 e. The number of benzene rings is 2. The van der Waals surface area contributed by atoms with Crippen molar-refractivity contribution in [3.05, 3.63) is 79.5 Å². The lowest BCUT2D eigenvalue weighted by molar-refractivity contribution is 0.0783. The third kappa shape index (κ3) is 5.41. The first kappa shape index (κ1) is 22.8. The van der Waals surface area contributed by atoms with E-state index >= 15 is 0 Å². The minimum Gasteiger partial charge on any atom is -0.486 e. The minimum absolute atomic E-state index is 0.151. The van der Waals surface area contributed by atoms with Crippen LogP contribution in [0.1, 0.15) is 28.5 Å². The molecule has 30 heavy (non-hydrogen) atoms. The summed E-state index contributed by atoms with van der Waals surface area (Å²) in [5.74, 6) is 0.194. The number of halogens is 4. The van der Waals surface area contributed by atoms with Gasteiger partial charge in [-0.1, -0.05) is 58.5 Å². The van der Waals surface area contributed by atoms with E-state index in [1.165, 1.54) is 0 Å². The fourth-order valence-corrected chi connectivity index (χ4v) is 3.98. The normalized spacial score (nSPS) is 10.9. The molecule has 3 rings (SSSR count). The van der Waals surface area contributed by atoms with Gasteiger partial charge in [0.15, 0.2) is 5.75 Å². The molecule has 1 amide bonds. The summed E-state index contributed by atoms with van der Waals surface area (Å²) in [5.41, 5.74) is 1.98. The highest BCUT2D eigenvalue weighted by molar-refractivity contribution is 6.40. The van der Waals surface area contributed by atoms with Crippen molar-refractivity contribution in [1.29, 1.82) is 0 Å². The fourth-order valence-electron chi connectivity index (χ4n) is 2.84. The van der Waals surface area contributed by atoms with E-state index < -0.39 is 0 Å². The predicted octanol–water partition coefficient (Wildman–Crippen LogP) is 6.37. The highest BCUT2D eigenvalue weighted by Gasteiger charge is 2.16. The number of carbonyl (C=O) groups is 1. The molecule has 0 saturated carbocycles. The summed E-state index contributed by atoms with van der Waals surface area (Å²) >= 11 is 24.4. The SMILES string of the molecule is CCn1cc(Cl)c(CN(C)C(=O)c2cccc(COc3c(Cl)cc(Cl)cc3Cl)c2)n1. The molecule has 0 radical (unpaired) electrons. The summed E-state index contributed by atoms with van der Waals surface area (Å²) in [7, 11) is 1.71. The maximum absolute atomic E-state index is 12.9. The first-order valence-corrected chi connectivity index (χ1v) is 10.6. The van der Waals surface area contributed by atoms with Crippen LogP contribution >= 0.6 is 46.4 Å². The largest absolute Gasteiger partial charge is 0.486 e. The summed E-state index contributed by atoms with van der Waals surface area (Å²) in [6, 6.07) is 10.3. The van der Waals surface area contributed by atoms with Crippen molar-refractivity contribution in [2.24, 2.45) is 0 Å². The van der Waals surface area contributed by atoms with E-state index in [1.54, 1.807) is 53.2 Å². The number of amides is 1. The number of hydrogen-bond donors (Lipinski definition) is 0. The van der Waals surface area contributed by atoms with Crippen LogP contribution in [0.2, 0.25) is 20.1 Å². The molecular formula is C21H19Cl4N3O2. The summed E-state index contributed by atoms with van der Waals surface area (Å²) in [5, 5.41) is 5.99. The first-order valence-electron chi connectivity index (χ1n) is 9.12. The number of ether oxygens (including phenoxy) is 1. The molecule has 0 spiro atoms. The zero-order valence-corrected chi connectivity index (χ0v) is 19.4. The average Bonchev–Trinajstić information content (AvgIpc) is 3.06. The third-order valence-electron chi connectivity index (χ3n) is 4.36. The Balaban J connectivity index is 1.70. The second-order valence-corrected chi connectivity index (χ2v) is 8.29. The van der Waals surface area contributed by atoms with Crippen molar-refractivity contribution in [1.82, 2.24) is 14.7 Å². The molecule has 0 aliphatic carbocycles. The third-order valence-corrected chi connectivity index (χ3v) is 5.46. The fraction of sp³-hybridized carbons (Fsp3) is 0.238. The molecule has 9 heteroatoms. The Labute approximate surface area is 195 Å². The molecule has 0 aliphatic rings. The van der Waals surface area contributed by atoms with E-state index in [0.717, 1.165) is 5.56 Å². The zero-order valence-electron chi connectivity index (χ0n) is 16.3. The van der Waals surface area contributed by atoms with Gasteiger partial charge in [-0.25, -0.2) is 0 Å². The number of hydrogen-bond acceptors (Lipinski definition) is 3. The molecule has 0 N–H and O–H groups in total. The summed E-state index contributed by atoms with van der Waals surface area (Å²) in [6.07, 6.45) is 1.75. The van der Waals surface area contributed by atoms with Crippen LogP contribution in [-0.2, 0) is 19.7 Å². The van der Waals surface area contributed by atoms with Gasteiger partial charge in [0.05, 0.1) is 21.6 Å².